The van der Waals surface area contributed by atoms with E-state index in [1.54, 1.807) is 12.1 Å². The molecule has 0 radical (unpaired) electrons. The molecule has 0 spiro atoms. The van der Waals surface area contributed by atoms with Gasteiger partial charge in [0.15, 0.2) is 0 Å². The molecule has 124 valence electrons. The molecule has 1 aromatic carbocycles. The molecule has 0 aliphatic carbocycles. The van der Waals surface area contributed by atoms with Crippen molar-refractivity contribution in [2.45, 2.75) is 6.42 Å². The molecule has 0 saturated heterocycles. The Kier molecular flexibility index (Phi) is 4.20. The molecule has 0 atom stereocenters. The standard InChI is InChI=1S/C17H10ClN3O2S2/c18-12-6-2-1-4-10(12)8-13-15(22)19-17-21(20-13)16(23)14(25-17)9-11-5-3-7-24-11/h1-7,9H,8H2/b14-9-. The van der Waals surface area contributed by atoms with E-state index in [9.17, 15) is 9.59 Å². The topological polar surface area (TPSA) is 64.3 Å². The predicted octanol–water partition coefficient (Wildman–Crippen LogP) is 2.36. The molecule has 0 N–H and O–H groups in total. The number of fused-ring (bicyclic) bond motifs is 1. The fraction of sp³-hybridized carbons (Fsp3) is 0.0588. The van der Waals surface area contributed by atoms with Gasteiger partial charge in [-0.3, -0.25) is 9.59 Å². The van der Waals surface area contributed by atoms with Crippen LogP contribution in [-0.4, -0.2) is 14.6 Å². The zero-order chi connectivity index (χ0) is 17.4. The van der Waals surface area contributed by atoms with Gasteiger partial charge in [-0.05, 0) is 29.2 Å². The Bertz CT molecular complexity index is 1230. The molecule has 0 aliphatic rings. The van der Waals surface area contributed by atoms with E-state index in [-0.39, 0.29) is 17.7 Å². The summed E-state index contributed by atoms with van der Waals surface area (Å²) in [6.07, 6.45) is 2.01. The maximum absolute atomic E-state index is 12.6. The number of hydrogen-bond acceptors (Lipinski definition) is 6. The van der Waals surface area contributed by atoms with Gasteiger partial charge in [0.2, 0.25) is 4.96 Å². The van der Waals surface area contributed by atoms with Gasteiger partial charge >= 0.3 is 0 Å². The molecule has 0 bridgehead atoms. The van der Waals surface area contributed by atoms with E-state index < -0.39 is 5.56 Å². The Morgan fingerprint density at radius 3 is 2.76 bits per heavy atom. The van der Waals surface area contributed by atoms with Crippen molar-refractivity contribution in [1.29, 1.82) is 0 Å². The highest BCUT2D eigenvalue weighted by Gasteiger charge is 2.12. The van der Waals surface area contributed by atoms with Gasteiger partial charge < -0.3 is 0 Å². The van der Waals surface area contributed by atoms with Crippen LogP contribution < -0.4 is 15.7 Å². The first-order chi connectivity index (χ1) is 12.1. The second kappa shape index (κ2) is 6.51. The van der Waals surface area contributed by atoms with Crippen LogP contribution in [0.25, 0.3) is 11.0 Å². The van der Waals surface area contributed by atoms with Crippen LogP contribution in [0.15, 0.2) is 51.4 Å². The molecule has 0 aliphatic heterocycles. The third-order valence-electron chi connectivity index (χ3n) is 3.58. The van der Waals surface area contributed by atoms with Crippen LogP contribution >= 0.6 is 34.3 Å². The summed E-state index contributed by atoms with van der Waals surface area (Å²) < 4.78 is 1.69. The van der Waals surface area contributed by atoms with Crippen LogP contribution in [0.2, 0.25) is 5.02 Å². The number of nitrogens with zero attached hydrogens (tertiary/aromatic N) is 3. The molecule has 8 heteroatoms. The molecular weight excluding hydrogens is 378 g/mol. The van der Waals surface area contributed by atoms with E-state index in [0.717, 1.165) is 21.8 Å². The molecule has 4 rings (SSSR count). The highest BCUT2D eigenvalue weighted by molar-refractivity contribution is 7.15. The summed E-state index contributed by atoms with van der Waals surface area (Å²) in [6.45, 7) is 0. The first kappa shape index (κ1) is 16.1. The Morgan fingerprint density at radius 2 is 2.00 bits per heavy atom. The van der Waals surface area contributed by atoms with Crippen molar-refractivity contribution >= 4 is 45.3 Å². The Morgan fingerprint density at radius 1 is 1.16 bits per heavy atom. The van der Waals surface area contributed by atoms with Crippen LogP contribution in [-0.2, 0) is 6.42 Å². The van der Waals surface area contributed by atoms with E-state index in [0.29, 0.717) is 14.5 Å². The van der Waals surface area contributed by atoms with Gasteiger partial charge in [0.1, 0.15) is 5.69 Å². The number of hydrogen-bond donors (Lipinski definition) is 0. The van der Waals surface area contributed by atoms with E-state index in [2.05, 4.69) is 10.1 Å². The summed E-state index contributed by atoms with van der Waals surface area (Å²) in [5.74, 6) is 0. The molecule has 0 amide bonds. The lowest BCUT2D eigenvalue weighted by molar-refractivity contribution is 0.811. The van der Waals surface area contributed by atoms with Crippen molar-refractivity contribution in [3.63, 3.8) is 0 Å². The summed E-state index contributed by atoms with van der Waals surface area (Å²) in [5, 5.41) is 6.71. The first-order valence-corrected chi connectivity index (χ1v) is 9.40. The van der Waals surface area contributed by atoms with Crippen molar-refractivity contribution in [1.82, 2.24) is 14.6 Å². The maximum atomic E-state index is 12.6. The molecule has 3 heterocycles. The van der Waals surface area contributed by atoms with E-state index >= 15 is 0 Å². The number of thiophene rings is 1. The Hall–Kier alpha value is -2.35. The van der Waals surface area contributed by atoms with Gasteiger partial charge in [0, 0.05) is 16.3 Å². The van der Waals surface area contributed by atoms with Crippen molar-refractivity contribution in [3.8, 4) is 0 Å². The van der Waals surface area contributed by atoms with E-state index in [1.165, 1.54) is 15.9 Å². The fourth-order valence-electron chi connectivity index (χ4n) is 2.38. The molecule has 0 fully saturated rings. The lowest BCUT2D eigenvalue weighted by Gasteiger charge is -2.02. The molecule has 0 unspecified atom stereocenters. The molecule has 3 aromatic heterocycles. The Balaban J connectivity index is 1.85. The average Bonchev–Trinajstić information content (AvgIpc) is 3.20. The normalized spacial score (nSPS) is 12.1. The van der Waals surface area contributed by atoms with Crippen molar-refractivity contribution in [2.75, 3.05) is 0 Å². The highest BCUT2D eigenvalue weighted by atomic mass is 35.5. The molecule has 0 saturated carbocycles. The van der Waals surface area contributed by atoms with Gasteiger partial charge in [0.25, 0.3) is 11.1 Å². The number of benzene rings is 1. The van der Waals surface area contributed by atoms with E-state index in [4.69, 9.17) is 11.6 Å². The third-order valence-corrected chi connectivity index (χ3v) is 5.73. The van der Waals surface area contributed by atoms with Gasteiger partial charge in [0.05, 0.1) is 4.53 Å². The summed E-state index contributed by atoms with van der Waals surface area (Å²) in [5.41, 5.74) is 0.247. The van der Waals surface area contributed by atoms with Crippen molar-refractivity contribution < 1.29 is 0 Å². The smallest absolute Gasteiger partial charge is 0.266 e. The summed E-state index contributed by atoms with van der Waals surface area (Å²) in [7, 11) is 0. The molecule has 4 aromatic rings. The molecular formula is C17H10ClN3O2S2. The van der Waals surface area contributed by atoms with Gasteiger partial charge in [-0.25, -0.2) is 0 Å². The fourth-order valence-corrected chi connectivity index (χ4v) is 4.21. The van der Waals surface area contributed by atoms with Crippen molar-refractivity contribution in [3.05, 3.63) is 88.2 Å². The minimum atomic E-state index is -0.441. The summed E-state index contributed by atoms with van der Waals surface area (Å²) in [6, 6.07) is 11.0. The first-order valence-electron chi connectivity index (χ1n) is 7.33. The van der Waals surface area contributed by atoms with Crippen LogP contribution in [0.3, 0.4) is 0 Å². The maximum Gasteiger partial charge on any atom is 0.296 e. The monoisotopic (exact) mass is 387 g/mol. The van der Waals surface area contributed by atoms with E-state index in [1.807, 2.05) is 35.7 Å². The number of thiazole rings is 1. The number of halogens is 1. The molecule has 25 heavy (non-hydrogen) atoms. The van der Waals surface area contributed by atoms with Crippen LogP contribution in [0.5, 0.6) is 0 Å². The van der Waals surface area contributed by atoms with Crippen LogP contribution in [0, 0.1) is 0 Å². The minimum absolute atomic E-state index is 0.197. The Labute approximate surface area is 154 Å². The second-order valence-electron chi connectivity index (χ2n) is 5.26. The van der Waals surface area contributed by atoms with Crippen molar-refractivity contribution in [2.24, 2.45) is 0 Å². The summed E-state index contributed by atoms with van der Waals surface area (Å²) >= 11 is 8.83. The SMILES string of the molecule is O=c1nc2s/c(=C\c3cccs3)c(=O)n2nc1Cc1ccccc1Cl. The van der Waals surface area contributed by atoms with Gasteiger partial charge in [-0.2, -0.15) is 14.6 Å². The highest BCUT2D eigenvalue weighted by Crippen LogP contribution is 2.16. The third kappa shape index (κ3) is 3.13. The van der Waals surface area contributed by atoms with Gasteiger partial charge in [-0.1, -0.05) is 47.2 Å². The second-order valence-corrected chi connectivity index (χ2v) is 7.65. The number of aromatic nitrogens is 3. The largest absolute Gasteiger partial charge is 0.296 e. The number of rotatable bonds is 3. The van der Waals surface area contributed by atoms with Crippen LogP contribution in [0.4, 0.5) is 0 Å². The van der Waals surface area contributed by atoms with Crippen LogP contribution in [0.1, 0.15) is 16.1 Å². The average molecular weight is 388 g/mol. The minimum Gasteiger partial charge on any atom is -0.266 e. The van der Waals surface area contributed by atoms with Gasteiger partial charge in [-0.15, -0.1) is 11.3 Å². The zero-order valence-corrected chi connectivity index (χ0v) is 15.1. The molecule has 5 nitrogen and oxygen atoms in total. The lowest BCUT2D eigenvalue weighted by Crippen LogP contribution is -2.28. The quantitative estimate of drug-likeness (QED) is 0.541. The predicted molar refractivity (Wildman–Crippen MR) is 101 cm³/mol. The summed E-state index contributed by atoms with van der Waals surface area (Å²) in [4.78, 5) is 30.1. The zero-order valence-electron chi connectivity index (χ0n) is 12.7. The lowest BCUT2D eigenvalue weighted by atomic mass is 10.1.